The van der Waals surface area contributed by atoms with Crippen LogP contribution in [0, 0.1) is 6.92 Å². The molecule has 1 saturated heterocycles. The molecule has 2 rings (SSSR count). The zero-order chi connectivity index (χ0) is 12.8. The van der Waals surface area contributed by atoms with Gasteiger partial charge in [0.05, 0.1) is 5.69 Å². The number of H-pyrrole nitrogens is 1. The molecule has 1 aliphatic rings. The van der Waals surface area contributed by atoms with Crippen LogP contribution in [0.4, 0.5) is 5.69 Å². The third-order valence-corrected chi connectivity index (χ3v) is 2.81. The highest BCUT2D eigenvalue weighted by molar-refractivity contribution is 5.46. The van der Waals surface area contributed by atoms with Crippen molar-refractivity contribution in [3.63, 3.8) is 0 Å². The van der Waals surface area contributed by atoms with Crippen molar-refractivity contribution in [1.29, 1.82) is 0 Å². The van der Waals surface area contributed by atoms with Crippen LogP contribution in [0.1, 0.15) is 26.3 Å². The first-order chi connectivity index (χ1) is 8.16. The highest BCUT2D eigenvalue weighted by Crippen LogP contribution is 2.14. The Balaban J connectivity index is 0.000000686. The summed E-state index contributed by atoms with van der Waals surface area (Å²) in [6, 6.07) is 2.46. The molecular formula is C13H23N3O. The average molecular weight is 237 g/mol. The molecule has 0 saturated carbocycles. The van der Waals surface area contributed by atoms with E-state index in [1.165, 1.54) is 0 Å². The summed E-state index contributed by atoms with van der Waals surface area (Å²) in [7, 11) is 0. The topological polar surface area (TPSA) is 48.1 Å². The minimum Gasteiger partial charge on any atom is -0.368 e. The van der Waals surface area contributed by atoms with Gasteiger partial charge in [0, 0.05) is 37.4 Å². The molecule has 0 aliphatic carbocycles. The number of anilines is 1. The van der Waals surface area contributed by atoms with E-state index >= 15 is 0 Å². The second-order valence-electron chi connectivity index (χ2n) is 4.17. The summed E-state index contributed by atoms with van der Waals surface area (Å²) in [5.41, 5.74) is 1.89. The lowest BCUT2D eigenvalue weighted by Crippen LogP contribution is -2.49. The number of piperazine rings is 1. The van der Waals surface area contributed by atoms with Crippen molar-refractivity contribution in [3.8, 4) is 0 Å². The van der Waals surface area contributed by atoms with Gasteiger partial charge in [-0.1, -0.05) is 13.8 Å². The van der Waals surface area contributed by atoms with Gasteiger partial charge < -0.3 is 15.2 Å². The molecule has 2 N–H and O–H groups in total. The number of nitrogens with zero attached hydrogens (tertiary/aromatic N) is 1. The predicted octanol–water partition coefficient (Wildman–Crippen LogP) is 1.51. The lowest BCUT2D eigenvalue weighted by molar-refractivity contribution is 0.484. The molecule has 4 heteroatoms. The molecule has 96 valence electrons. The van der Waals surface area contributed by atoms with Crippen molar-refractivity contribution in [2.75, 3.05) is 24.5 Å². The van der Waals surface area contributed by atoms with Crippen LogP contribution in [0.2, 0.25) is 0 Å². The number of rotatable bonds is 1. The summed E-state index contributed by atoms with van der Waals surface area (Å²) in [6.07, 6.45) is 1.80. The van der Waals surface area contributed by atoms with E-state index in [0.29, 0.717) is 6.04 Å². The van der Waals surface area contributed by atoms with Crippen LogP contribution >= 0.6 is 0 Å². The van der Waals surface area contributed by atoms with Gasteiger partial charge in [0.15, 0.2) is 0 Å². The third-order valence-electron chi connectivity index (χ3n) is 2.81. The van der Waals surface area contributed by atoms with Crippen LogP contribution in [0.15, 0.2) is 17.1 Å². The van der Waals surface area contributed by atoms with E-state index in [0.717, 1.165) is 30.9 Å². The SMILES string of the molecule is CC.Cc1cc(N2CCNC(C)C2)c[nH]c1=O. The molecule has 1 atom stereocenters. The fourth-order valence-electron chi connectivity index (χ4n) is 1.93. The smallest absolute Gasteiger partial charge is 0.250 e. The van der Waals surface area contributed by atoms with Crippen LogP contribution in [-0.2, 0) is 0 Å². The number of hydrogen-bond acceptors (Lipinski definition) is 3. The van der Waals surface area contributed by atoms with Crippen LogP contribution in [-0.4, -0.2) is 30.7 Å². The fourth-order valence-corrected chi connectivity index (χ4v) is 1.93. The zero-order valence-electron chi connectivity index (χ0n) is 11.2. The van der Waals surface area contributed by atoms with E-state index in [-0.39, 0.29) is 5.56 Å². The van der Waals surface area contributed by atoms with Gasteiger partial charge in [-0.15, -0.1) is 0 Å². The Kier molecular flexibility index (Phi) is 5.22. The molecule has 2 heterocycles. The van der Waals surface area contributed by atoms with E-state index in [4.69, 9.17) is 0 Å². The molecule has 0 aromatic carbocycles. The van der Waals surface area contributed by atoms with Gasteiger partial charge in [-0.3, -0.25) is 4.79 Å². The maximum absolute atomic E-state index is 11.2. The van der Waals surface area contributed by atoms with Gasteiger partial charge in [0.25, 0.3) is 5.56 Å². The number of aromatic amines is 1. The molecular weight excluding hydrogens is 214 g/mol. The Labute approximate surface area is 103 Å². The Morgan fingerprint density at radius 1 is 1.41 bits per heavy atom. The van der Waals surface area contributed by atoms with E-state index in [2.05, 4.69) is 22.1 Å². The highest BCUT2D eigenvalue weighted by atomic mass is 16.1. The second-order valence-corrected chi connectivity index (χ2v) is 4.17. The molecule has 1 unspecified atom stereocenters. The number of hydrogen-bond donors (Lipinski definition) is 2. The Hall–Kier alpha value is -1.29. The number of aromatic nitrogens is 1. The summed E-state index contributed by atoms with van der Waals surface area (Å²) in [5.74, 6) is 0. The maximum atomic E-state index is 11.2. The van der Waals surface area contributed by atoms with Gasteiger partial charge in [-0.05, 0) is 19.9 Å². The monoisotopic (exact) mass is 237 g/mol. The summed E-state index contributed by atoms with van der Waals surface area (Å²) >= 11 is 0. The molecule has 0 amide bonds. The van der Waals surface area contributed by atoms with Crippen LogP contribution < -0.4 is 15.8 Å². The first-order valence-electron chi connectivity index (χ1n) is 6.34. The molecule has 1 aromatic rings. The standard InChI is InChI=1S/C11H17N3O.C2H6/c1-8-5-10(6-13-11(8)15)14-4-3-12-9(2)7-14;1-2/h5-6,9,12H,3-4,7H2,1-2H3,(H,13,15);1-2H3. The lowest BCUT2D eigenvalue weighted by atomic mass is 10.2. The summed E-state index contributed by atoms with van der Waals surface area (Å²) < 4.78 is 0. The van der Waals surface area contributed by atoms with Gasteiger partial charge in [-0.2, -0.15) is 0 Å². The van der Waals surface area contributed by atoms with Gasteiger partial charge >= 0.3 is 0 Å². The third kappa shape index (κ3) is 3.60. The van der Waals surface area contributed by atoms with E-state index in [1.807, 2.05) is 26.8 Å². The van der Waals surface area contributed by atoms with Crippen molar-refractivity contribution in [2.45, 2.75) is 33.7 Å². The Morgan fingerprint density at radius 2 is 2.12 bits per heavy atom. The number of nitrogens with one attached hydrogen (secondary N) is 2. The minimum absolute atomic E-state index is 0.00179. The summed E-state index contributed by atoms with van der Waals surface area (Å²) in [6.45, 7) is 11.0. The fraction of sp³-hybridized carbons (Fsp3) is 0.615. The van der Waals surface area contributed by atoms with Crippen molar-refractivity contribution in [3.05, 3.63) is 28.2 Å². The molecule has 4 nitrogen and oxygen atoms in total. The number of pyridine rings is 1. The minimum atomic E-state index is 0.00179. The molecule has 1 aliphatic heterocycles. The summed E-state index contributed by atoms with van der Waals surface area (Å²) in [5, 5.41) is 3.39. The summed E-state index contributed by atoms with van der Waals surface area (Å²) in [4.78, 5) is 16.3. The maximum Gasteiger partial charge on any atom is 0.250 e. The second kappa shape index (κ2) is 6.45. The molecule has 1 fully saturated rings. The lowest BCUT2D eigenvalue weighted by Gasteiger charge is -2.33. The first-order valence-corrected chi connectivity index (χ1v) is 6.34. The van der Waals surface area contributed by atoms with Gasteiger partial charge in [-0.25, -0.2) is 0 Å². The molecule has 0 spiro atoms. The average Bonchev–Trinajstić information content (AvgIpc) is 2.35. The van der Waals surface area contributed by atoms with Gasteiger partial charge in [0.1, 0.15) is 0 Å². The van der Waals surface area contributed by atoms with Crippen LogP contribution in [0.3, 0.4) is 0 Å². The van der Waals surface area contributed by atoms with Gasteiger partial charge in [0.2, 0.25) is 0 Å². The highest BCUT2D eigenvalue weighted by Gasteiger charge is 2.16. The van der Waals surface area contributed by atoms with Crippen LogP contribution in [0.5, 0.6) is 0 Å². The largest absolute Gasteiger partial charge is 0.368 e. The van der Waals surface area contributed by atoms with E-state index in [1.54, 1.807) is 6.20 Å². The molecule has 17 heavy (non-hydrogen) atoms. The van der Waals surface area contributed by atoms with E-state index < -0.39 is 0 Å². The zero-order valence-corrected chi connectivity index (χ0v) is 11.2. The molecule has 1 aromatic heterocycles. The van der Waals surface area contributed by atoms with Crippen LogP contribution in [0.25, 0.3) is 0 Å². The molecule has 0 radical (unpaired) electrons. The normalized spacial score (nSPS) is 19.5. The number of aryl methyl sites for hydroxylation is 1. The quantitative estimate of drug-likeness (QED) is 0.778. The van der Waals surface area contributed by atoms with E-state index in [9.17, 15) is 4.79 Å². The Morgan fingerprint density at radius 3 is 2.71 bits per heavy atom. The first kappa shape index (κ1) is 13.8. The Bertz CT molecular complexity index is 400. The van der Waals surface area contributed by atoms with Crippen molar-refractivity contribution < 1.29 is 0 Å². The van der Waals surface area contributed by atoms with Crippen molar-refractivity contribution in [1.82, 2.24) is 10.3 Å². The predicted molar refractivity (Wildman–Crippen MR) is 72.8 cm³/mol. The van der Waals surface area contributed by atoms with Crippen molar-refractivity contribution >= 4 is 5.69 Å². The molecule has 0 bridgehead atoms. The van der Waals surface area contributed by atoms with Crippen molar-refractivity contribution in [2.24, 2.45) is 0 Å².